The van der Waals surface area contributed by atoms with Crippen LogP contribution in [0.4, 0.5) is 0 Å². The second-order valence-electron chi connectivity index (χ2n) is 3.53. The number of benzene rings is 1. The van der Waals surface area contributed by atoms with Gasteiger partial charge in [-0.3, -0.25) is 0 Å². The minimum Gasteiger partial charge on any atom is -0.497 e. The zero-order valence-electron chi connectivity index (χ0n) is 9.64. The summed E-state index contributed by atoms with van der Waals surface area (Å²) < 4.78 is 15.7. The van der Waals surface area contributed by atoms with Crippen LogP contribution in [0, 0.1) is 0 Å². The van der Waals surface area contributed by atoms with Crippen molar-refractivity contribution in [2.45, 2.75) is 4.83 Å². The van der Waals surface area contributed by atoms with Crippen LogP contribution in [0.25, 0.3) is 0 Å². The Kier molecular flexibility index (Phi) is 3.74. The van der Waals surface area contributed by atoms with Crippen molar-refractivity contribution in [2.24, 2.45) is 0 Å². The van der Waals surface area contributed by atoms with E-state index < -0.39 is 0 Å². The zero-order chi connectivity index (χ0) is 12.3. The fourth-order valence-electron chi connectivity index (χ4n) is 1.64. The second-order valence-corrected chi connectivity index (χ2v) is 4.44. The molecule has 1 aromatic heterocycles. The van der Waals surface area contributed by atoms with E-state index in [1.54, 1.807) is 26.7 Å². The zero-order valence-corrected chi connectivity index (χ0v) is 11.2. The van der Waals surface area contributed by atoms with E-state index in [2.05, 4.69) is 15.9 Å². The summed E-state index contributed by atoms with van der Waals surface area (Å²) in [5, 5.41) is 0. The molecule has 0 bridgehead atoms. The second kappa shape index (κ2) is 5.27. The van der Waals surface area contributed by atoms with Crippen molar-refractivity contribution in [3.05, 3.63) is 47.9 Å². The maximum Gasteiger partial charge on any atom is 0.123 e. The first-order valence-corrected chi connectivity index (χ1v) is 6.06. The van der Waals surface area contributed by atoms with Crippen LogP contribution in [0.3, 0.4) is 0 Å². The Bertz CT molecular complexity index is 479. The van der Waals surface area contributed by atoms with Crippen LogP contribution in [-0.2, 0) is 0 Å². The van der Waals surface area contributed by atoms with E-state index >= 15 is 0 Å². The molecule has 2 aromatic rings. The smallest absolute Gasteiger partial charge is 0.123 e. The maximum absolute atomic E-state index is 5.35. The Hall–Kier alpha value is -1.42. The van der Waals surface area contributed by atoms with E-state index in [1.807, 2.05) is 24.3 Å². The number of halogens is 1. The van der Waals surface area contributed by atoms with Gasteiger partial charge in [-0.25, -0.2) is 0 Å². The van der Waals surface area contributed by atoms with Gasteiger partial charge < -0.3 is 13.9 Å². The van der Waals surface area contributed by atoms with Crippen LogP contribution >= 0.6 is 15.9 Å². The topological polar surface area (TPSA) is 31.6 Å². The van der Waals surface area contributed by atoms with Gasteiger partial charge in [-0.1, -0.05) is 15.9 Å². The van der Waals surface area contributed by atoms with Crippen LogP contribution in [0.2, 0.25) is 0 Å². The maximum atomic E-state index is 5.35. The number of hydrogen-bond donors (Lipinski definition) is 0. The van der Waals surface area contributed by atoms with E-state index in [-0.39, 0.29) is 4.83 Å². The molecule has 0 radical (unpaired) electrons. The highest BCUT2D eigenvalue weighted by molar-refractivity contribution is 9.09. The van der Waals surface area contributed by atoms with E-state index in [0.717, 1.165) is 22.6 Å². The van der Waals surface area contributed by atoms with Crippen LogP contribution < -0.4 is 9.47 Å². The minimum absolute atomic E-state index is 0.0197. The molecule has 0 aliphatic heterocycles. The van der Waals surface area contributed by atoms with Crippen LogP contribution in [-0.4, -0.2) is 14.2 Å². The van der Waals surface area contributed by atoms with Crippen molar-refractivity contribution >= 4 is 15.9 Å². The van der Waals surface area contributed by atoms with Gasteiger partial charge in [0.1, 0.15) is 11.5 Å². The minimum atomic E-state index is 0.0197. The van der Waals surface area contributed by atoms with Crippen molar-refractivity contribution in [1.29, 1.82) is 0 Å². The first-order valence-electron chi connectivity index (χ1n) is 5.14. The molecule has 0 aliphatic carbocycles. The molecule has 0 amide bonds. The summed E-state index contributed by atoms with van der Waals surface area (Å²) in [6.45, 7) is 0. The molecular weight excluding hydrogens is 284 g/mol. The normalized spacial score (nSPS) is 12.2. The Morgan fingerprint density at radius 2 is 2.00 bits per heavy atom. The molecule has 1 unspecified atom stereocenters. The molecule has 0 N–H and O–H groups in total. The van der Waals surface area contributed by atoms with Gasteiger partial charge >= 0.3 is 0 Å². The number of rotatable bonds is 4. The van der Waals surface area contributed by atoms with Crippen LogP contribution in [0.5, 0.6) is 11.5 Å². The fraction of sp³-hybridized carbons (Fsp3) is 0.231. The Morgan fingerprint density at radius 3 is 2.59 bits per heavy atom. The summed E-state index contributed by atoms with van der Waals surface area (Å²) in [6.07, 6.45) is 3.36. The third-order valence-corrected chi connectivity index (χ3v) is 3.57. The van der Waals surface area contributed by atoms with Gasteiger partial charge in [0.15, 0.2) is 0 Å². The lowest BCUT2D eigenvalue weighted by atomic mass is 10.1. The van der Waals surface area contributed by atoms with Gasteiger partial charge in [-0.15, -0.1) is 0 Å². The predicted octanol–water partition coefficient (Wildman–Crippen LogP) is 3.78. The van der Waals surface area contributed by atoms with Crippen molar-refractivity contribution < 1.29 is 13.9 Å². The molecule has 1 atom stereocenters. The summed E-state index contributed by atoms with van der Waals surface area (Å²) >= 11 is 3.63. The number of ether oxygens (including phenoxy) is 2. The third-order valence-electron chi connectivity index (χ3n) is 2.55. The van der Waals surface area contributed by atoms with Gasteiger partial charge in [0.05, 0.1) is 31.6 Å². The Labute approximate surface area is 108 Å². The summed E-state index contributed by atoms with van der Waals surface area (Å²) in [5.41, 5.74) is 2.05. The number of methoxy groups -OCH3 is 2. The average molecular weight is 297 g/mol. The molecular formula is C13H13BrO3. The molecule has 4 heteroatoms. The molecule has 0 saturated carbocycles. The standard InChI is InChI=1S/C13H13BrO3/c1-15-10-3-4-12(16-2)11(7-10)13(14)9-5-6-17-8-9/h3-8,13H,1-2H3. The van der Waals surface area contributed by atoms with Gasteiger partial charge in [0, 0.05) is 11.1 Å². The lowest BCUT2D eigenvalue weighted by Crippen LogP contribution is -1.97. The summed E-state index contributed by atoms with van der Waals surface area (Å²) in [7, 11) is 3.30. The summed E-state index contributed by atoms with van der Waals surface area (Å²) in [4.78, 5) is 0.0197. The average Bonchev–Trinajstić information content (AvgIpc) is 2.91. The van der Waals surface area contributed by atoms with Crippen LogP contribution in [0.15, 0.2) is 41.2 Å². The number of hydrogen-bond acceptors (Lipinski definition) is 3. The fourth-order valence-corrected chi connectivity index (χ4v) is 2.25. The summed E-state index contributed by atoms with van der Waals surface area (Å²) in [5.74, 6) is 1.61. The Morgan fingerprint density at radius 1 is 1.18 bits per heavy atom. The van der Waals surface area contributed by atoms with E-state index in [0.29, 0.717) is 0 Å². The predicted molar refractivity (Wildman–Crippen MR) is 69.0 cm³/mol. The molecule has 0 saturated heterocycles. The van der Waals surface area contributed by atoms with E-state index in [4.69, 9.17) is 13.9 Å². The molecule has 1 heterocycles. The molecule has 0 aliphatic rings. The largest absolute Gasteiger partial charge is 0.497 e. The lowest BCUT2D eigenvalue weighted by molar-refractivity contribution is 0.399. The van der Waals surface area contributed by atoms with Crippen molar-refractivity contribution in [1.82, 2.24) is 0 Å². The van der Waals surface area contributed by atoms with Gasteiger partial charge in [0.2, 0.25) is 0 Å². The molecule has 2 rings (SSSR count). The third kappa shape index (κ3) is 2.47. The molecule has 90 valence electrons. The van der Waals surface area contributed by atoms with Crippen molar-refractivity contribution in [3.8, 4) is 11.5 Å². The number of furan rings is 1. The Balaban J connectivity index is 2.41. The molecule has 3 nitrogen and oxygen atoms in total. The van der Waals surface area contributed by atoms with E-state index in [9.17, 15) is 0 Å². The monoisotopic (exact) mass is 296 g/mol. The highest BCUT2D eigenvalue weighted by Crippen LogP contribution is 2.38. The molecule has 0 spiro atoms. The van der Waals surface area contributed by atoms with Crippen LogP contribution in [0.1, 0.15) is 16.0 Å². The van der Waals surface area contributed by atoms with Gasteiger partial charge in [0.25, 0.3) is 0 Å². The van der Waals surface area contributed by atoms with Gasteiger partial charge in [-0.05, 0) is 24.3 Å². The molecule has 0 fully saturated rings. The molecule has 1 aromatic carbocycles. The highest BCUT2D eigenvalue weighted by Gasteiger charge is 2.17. The summed E-state index contributed by atoms with van der Waals surface area (Å²) in [6, 6.07) is 7.63. The first-order chi connectivity index (χ1) is 8.26. The van der Waals surface area contributed by atoms with Crippen molar-refractivity contribution in [3.63, 3.8) is 0 Å². The molecule has 17 heavy (non-hydrogen) atoms. The van der Waals surface area contributed by atoms with Crippen molar-refractivity contribution in [2.75, 3.05) is 14.2 Å². The number of alkyl halides is 1. The SMILES string of the molecule is COc1ccc(OC)c(C(Br)c2ccoc2)c1. The van der Waals surface area contributed by atoms with Gasteiger partial charge in [-0.2, -0.15) is 0 Å². The lowest BCUT2D eigenvalue weighted by Gasteiger charge is -2.14. The highest BCUT2D eigenvalue weighted by atomic mass is 79.9. The quantitative estimate of drug-likeness (QED) is 0.805. The van der Waals surface area contributed by atoms with E-state index in [1.165, 1.54) is 0 Å². The first kappa shape index (κ1) is 12.0.